The molecule has 162 valence electrons. The molecule has 0 aliphatic carbocycles. The molecule has 0 heterocycles. The monoisotopic (exact) mass is 431 g/mol. The van der Waals surface area contributed by atoms with Gasteiger partial charge in [0.25, 0.3) is 0 Å². The van der Waals surface area contributed by atoms with Crippen LogP contribution < -0.4 is 9.62 Å². The van der Waals surface area contributed by atoms with Crippen LogP contribution >= 0.6 is 0 Å². The van der Waals surface area contributed by atoms with E-state index in [4.69, 9.17) is 0 Å². The van der Waals surface area contributed by atoms with Crippen LogP contribution in [0, 0.1) is 13.8 Å². The molecule has 0 bridgehead atoms. The van der Waals surface area contributed by atoms with Crippen molar-refractivity contribution < 1.29 is 18.0 Å². The van der Waals surface area contributed by atoms with Crippen LogP contribution in [-0.2, 0) is 26.2 Å². The molecule has 0 aliphatic rings. The lowest BCUT2D eigenvalue weighted by Gasteiger charge is -2.32. The summed E-state index contributed by atoms with van der Waals surface area (Å²) in [5, 5.41) is 2.56. The van der Waals surface area contributed by atoms with Crippen LogP contribution in [0.2, 0.25) is 0 Å². The number of likely N-dealkylation sites (N-methyl/N-ethyl adjacent to an activating group) is 1. The molecule has 0 unspecified atom stereocenters. The third-order valence-corrected chi connectivity index (χ3v) is 6.21. The zero-order chi connectivity index (χ0) is 22.5. The number of sulfonamides is 1. The maximum atomic E-state index is 13.3. The summed E-state index contributed by atoms with van der Waals surface area (Å²) in [5.74, 6) is -0.776. The maximum Gasteiger partial charge on any atom is 0.244 e. The van der Waals surface area contributed by atoms with Gasteiger partial charge in [-0.1, -0.05) is 42.5 Å². The highest BCUT2D eigenvalue weighted by molar-refractivity contribution is 7.92. The molecule has 2 aromatic rings. The van der Waals surface area contributed by atoms with Crippen molar-refractivity contribution in [2.45, 2.75) is 33.4 Å². The van der Waals surface area contributed by atoms with Crippen molar-refractivity contribution in [3.63, 3.8) is 0 Å². The first-order valence-electron chi connectivity index (χ1n) is 9.65. The summed E-state index contributed by atoms with van der Waals surface area (Å²) in [6.45, 7) is 5.16. The maximum absolute atomic E-state index is 13.3. The molecule has 7 nitrogen and oxygen atoms in total. The predicted molar refractivity (Wildman–Crippen MR) is 119 cm³/mol. The molecule has 1 N–H and O–H groups in total. The lowest BCUT2D eigenvalue weighted by molar-refractivity contribution is -0.139. The van der Waals surface area contributed by atoms with Crippen LogP contribution in [0.15, 0.2) is 48.5 Å². The van der Waals surface area contributed by atoms with E-state index in [1.54, 1.807) is 38.1 Å². The van der Waals surface area contributed by atoms with Crippen molar-refractivity contribution in [2.24, 2.45) is 0 Å². The summed E-state index contributed by atoms with van der Waals surface area (Å²) in [6.07, 6.45) is 1.07. The van der Waals surface area contributed by atoms with Gasteiger partial charge in [0.15, 0.2) is 0 Å². The van der Waals surface area contributed by atoms with Gasteiger partial charge in [-0.2, -0.15) is 0 Å². The lowest BCUT2D eigenvalue weighted by atomic mass is 10.1. The number of aryl methyl sites for hydroxylation is 2. The lowest BCUT2D eigenvalue weighted by Crippen LogP contribution is -2.50. The minimum atomic E-state index is -3.72. The van der Waals surface area contributed by atoms with Gasteiger partial charge in [-0.25, -0.2) is 8.42 Å². The normalized spacial score (nSPS) is 12.2. The van der Waals surface area contributed by atoms with E-state index in [-0.39, 0.29) is 12.5 Å². The Morgan fingerprint density at radius 1 is 1.00 bits per heavy atom. The van der Waals surface area contributed by atoms with Gasteiger partial charge >= 0.3 is 0 Å². The van der Waals surface area contributed by atoms with Crippen molar-refractivity contribution in [1.82, 2.24) is 10.2 Å². The fraction of sp³-hybridized carbons (Fsp3) is 0.364. The zero-order valence-electron chi connectivity index (χ0n) is 18.0. The fourth-order valence-electron chi connectivity index (χ4n) is 3.20. The molecule has 0 aromatic heterocycles. The molecule has 1 atom stereocenters. The van der Waals surface area contributed by atoms with Crippen molar-refractivity contribution in [1.29, 1.82) is 0 Å². The second kappa shape index (κ2) is 9.75. The molecule has 0 saturated heterocycles. The van der Waals surface area contributed by atoms with Gasteiger partial charge in [0, 0.05) is 13.6 Å². The van der Waals surface area contributed by atoms with Gasteiger partial charge in [0.2, 0.25) is 21.8 Å². The Kier molecular flexibility index (Phi) is 7.61. The number of nitrogens with one attached hydrogen (secondary N) is 1. The van der Waals surface area contributed by atoms with E-state index < -0.39 is 28.5 Å². The molecule has 2 rings (SSSR count). The number of hydrogen-bond donors (Lipinski definition) is 1. The van der Waals surface area contributed by atoms with Crippen molar-refractivity contribution in [3.8, 4) is 0 Å². The number of carbonyl (C=O) groups excluding carboxylic acids is 2. The first kappa shape index (κ1) is 23.4. The standard InChI is InChI=1S/C22H29N3O4S/c1-16-10-6-8-12-19(16)14-24(18(3)22(27)23-4)21(26)15-25(30(5,28)29)20-13-9-7-11-17(20)2/h6-13,18H,14-15H2,1-5H3,(H,23,27)/t18-/m1/s1. The second-order valence-corrected chi connectivity index (χ2v) is 9.20. The molecule has 2 aromatic carbocycles. The Morgan fingerprint density at radius 2 is 1.57 bits per heavy atom. The Morgan fingerprint density at radius 3 is 2.10 bits per heavy atom. The van der Waals surface area contributed by atoms with E-state index >= 15 is 0 Å². The van der Waals surface area contributed by atoms with E-state index in [0.717, 1.165) is 27.3 Å². The number of hydrogen-bond acceptors (Lipinski definition) is 4. The Hall–Kier alpha value is -2.87. The highest BCUT2D eigenvalue weighted by Gasteiger charge is 2.30. The van der Waals surface area contributed by atoms with E-state index in [9.17, 15) is 18.0 Å². The topological polar surface area (TPSA) is 86.8 Å². The Balaban J connectivity index is 2.41. The quantitative estimate of drug-likeness (QED) is 0.694. The minimum Gasteiger partial charge on any atom is -0.357 e. The highest BCUT2D eigenvalue weighted by atomic mass is 32.2. The van der Waals surface area contributed by atoms with Crippen LogP contribution in [0.1, 0.15) is 23.6 Å². The third-order valence-electron chi connectivity index (χ3n) is 5.08. The van der Waals surface area contributed by atoms with Crippen LogP contribution in [0.3, 0.4) is 0 Å². The number of benzene rings is 2. The number of rotatable bonds is 8. The number of nitrogens with zero attached hydrogens (tertiary/aromatic N) is 2. The second-order valence-electron chi connectivity index (χ2n) is 7.29. The number of amides is 2. The molecule has 30 heavy (non-hydrogen) atoms. The summed E-state index contributed by atoms with van der Waals surface area (Å²) in [4.78, 5) is 27.0. The average molecular weight is 432 g/mol. The fourth-order valence-corrected chi connectivity index (χ4v) is 4.11. The van der Waals surface area contributed by atoms with E-state index in [1.165, 1.54) is 11.9 Å². The van der Waals surface area contributed by atoms with Crippen molar-refractivity contribution >= 4 is 27.5 Å². The molecule has 8 heteroatoms. The molecule has 0 saturated carbocycles. The van der Waals surface area contributed by atoms with Crippen LogP contribution in [0.4, 0.5) is 5.69 Å². The number of para-hydroxylation sites is 1. The van der Waals surface area contributed by atoms with Crippen LogP contribution in [0.25, 0.3) is 0 Å². The summed E-state index contributed by atoms with van der Waals surface area (Å²) in [6, 6.07) is 13.8. The van der Waals surface area contributed by atoms with E-state index in [0.29, 0.717) is 5.69 Å². The van der Waals surface area contributed by atoms with Crippen molar-refractivity contribution in [3.05, 3.63) is 65.2 Å². The van der Waals surface area contributed by atoms with Gasteiger partial charge in [-0.15, -0.1) is 0 Å². The predicted octanol–water partition coefficient (Wildman–Crippen LogP) is 2.23. The highest BCUT2D eigenvalue weighted by Crippen LogP contribution is 2.23. The summed E-state index contributed by atoms with van der Waals surface area (Å²) >= 11 is 0. The summed E-state index contributed by atoms with van der Waals surface area (Å²) in [7, 11) is -2.21. The molecule has 0 fully saturated rings. The minimum absolute atomic E-state index is 0.200. The Labute approximate surface area is 178 Å². The van der Waals surface area contributed by atoms with Gasteiger partial charge in [-0.3, -0.25) is 13.9 Å². The van der Waals surface area contributed by atoms with Crippen LogP contribution in [-0.4, -0.2) is 51.0 Å². The van der Waals surface area contributed by atoms with Gasteiger partial charge in [0.1, 0.15) is 12.6 Å². The third kappa shape index (κ3) is 5.60. The first-order chi connectivity index (χ1) is 14.1. The smallest absolute Gasteiger partial charge is 0.244 e. The van der Waals surface area contributed by atoms with Crippen molar-refractivity contribution in [2.75, 3.05) is 24.2 Å². The number of carbonyl (C=O) groups is 2. The molecule has 0 radical (unpaired) electrons. The summed E-state index contributed by atoms with van der Waals surface area (Å²) < 4.78 is 26.1. The van der Waals surface area contributed by atoms with Crippen LogP contribution in [0.5, 0.6) is 0 Å². The van der Waals surface area contributed by atoms with E-state index in [1.807, 2.05) is 31.2 Å². The number of anilines is 1. The van der Waals surface area contributed by atoms with Gasteiger partial charge in [-0.05, 0) is 43.5 Å². The molecule has 2 amide bonds. The molecule has 0 spiro atoms. The van der Waals surface area contributed by atoms with Gasteiger partial charge in [0.05, 0.1) is 11.9 Å². The molecular formula is C22H29N3O4S. The molecule has 0 aliphatic heterocycles. The summed E-state index contributed by atoms with van der Waals surface area (Å²) in [5.41, 5.74) is 3.05. The molecular weight excluding hydrogens is 402 g/mol. The largest absolute Gasteiger partial charge is 0.357 e. The Bertz CT molecular complexity index is 1020. The van der Waals surface area contributed by atoms with Gasteiger partial charge < -0.3 is 10.2 Å². The zero-order valence-corrected chi connectivity index (χ0v) is 18.9. The van der Waals surface area contributed by atoms with E-state index in [2.05, 4.69) is 5.32 Å². The SMILES string of the molecule is CNC(=O)[C@@H](C)N(Cc1ccccc1C)C(=O)CN(c1ccccc1C)S(C)(=O)=O. The first-order valence-corrected chi connectivity index (χ1v) is 11.5. The average Bonchev–Trinajstić information content (AvgIpc) is 2.70.